The predicted octanol–water partition coefficient (Wildman–Crippen LogP) is 2.87. The van der Waals surface area contributed by atoms with Gasteiger partial charge in [-0.05, 0) is 56.5 Å². The van der Waals surface area contributed by atoms with Gasteiger partial charge in [0.2, 0.25) is 11.8 Å². The second-order valence-electron chi connectivity index (χ2n) is 7.82. The van der Waals surface area contributed by atoms with Crippen LogP contribution in [0.2, 0.25) is 0 Å². The number of halogens is 1. The van der Waals surface area contributed by atoms with E-state index in [-0.39, 0.29) is 30.1 Å². The van der Waals surface area contributed by atoms with Crippen molar-refractivity contribution in [3.05, 3.63) is 29.8 Å². The Morgan fingerprint density at radius 2 is 1.93 bits per heavy atom. The molecular formula is C21H32ClN3O3. The third-order valence-electron chi connectivity index (χ3n) is 5.84. The van der Waals surface area contributed by atoms with E-state index in [1.54, 1.807) is 7.11 Å². The monoisotopic (exact) mass is 409 g/mol. The summed E-state index contributed by atoms with van der Waals surface area (Å²) in [7, 11) is 1.65. The summed E-state index contributed by atoms with van der Waals surface area (Å²) in [6.45, 7) is 2.56. The van der Waals surface area contributed by atoms with Gasteiger partial charge >= 0.3 is 0 Å². The molecule has 1 aromatic carbocycles. The SMILES string of the molecule is COCC1(C(=O)NCc2cccc(NC(=O)C3CCCC3)c2)CCNCC1.Cl. The standard InChI is InChI=1S/C21H31N3O3.ClH/c1-27-15-21(9-11-22-12-10-21)20(26)23-14-16-5-4-8-18(13-16)24-19(25)17-6-2-3-7-17;/h4-5,8,13,17,22H,2-3,6-7,9-12,14-15H2,1H3,(H,23,26)(H,24,25);1H. The molecule has 1 saturated heterocycles. The van der Waals surface area contributed by atoms with E-state index in [0.717, 1.165) is 62.9 Å². The number of rotatable bonds is 7. The van der Waals surface area contributed by atoms with E-state index in [1.807, 2.05) is 24.3 Å². The number of nitrogens with one attached hydrogen (secondary N) is 3. The zero-order valence-electron chi connectivity index (χ0n) is 16.6. The van der Waals surface area contributed by atoms with Crippen LogP contribution in [0.5, 0.6) is 0 Å². The fourth-order valence-electron chi connectivity index (χ4n) is 4.18. The van der Waals surface area contributed by atoms with Gasteiger partial charge in [-0.1, -0.05) is 25.0 Å². The molecule has 3 rings (SSSR count). The first-order valence-corrected chi connectivity index (χ1v) is 10.0. The highest BCUT2D eigenvalue weighted by Gasteiger charge is 2.39. The molecule has 0 bridgehead atoms. The highest BCUT2D eigenvalue weighted by atomic mass is 35.5. The molecule has 7 heteroatoms. The van der Waals surface area contributed by atoms with E-state index >= 15 is 0 Å². The smallest absolute Gasteiger partial charge is 0.228 e. The summed E-state index contributed by atoms with van der Waals surface area (Å²) in [6, 6.07) is 7.73. The van der Waals surface area contributed by atoms with Gasteiger partial charge in [-0.2, -0.15) is 0 Å². The molecule has 0 unspecified atom stereocenters. The molecule has 1 aliphatic carbocycles. The lowest BCUT2D eigenvalue weighted by Crippen LogP contribution is -2.49. The van der Waals surface area contributed by atoms with Gasteiger partial charge in [0.15, 0.2) is 0 Å². The van der Waals surface area contributed by atoms with Crippen molar-refractivity contribution in [3.8, 4) is 0 Å². The van der Waals surface area contributed by atoms with Crippen LogP contribution in [0.1, 0.15) is 44.1 Å². The third kappa shape index (κ3) is 5.69. The highest BCUT2D eigenvalue weighted by molar-refractivity contribution is 5.92. The third-order valence-corrected chi connectivity index (χ3v) is 5.84. The lowest BCUT2D eigenvalue weighted by Gasteiger charge is -2.35. The molecule has 0 spiro atoms. The molecule has 1 saturated carbocycles. The topological polar surface area (TPSA) is 79.5 Å². The van der Waals surface area contributed by atoms with Crippen LogP contribution < -0.4 is 16.0 Å². The van der Waals surface area contributed by atoms with Crippen molar-refractivity contribution >= 4 is 29.9 Å². The minimum atomic E-state index is -0.450. The normalized spacial score (nSPS) is 18.9. The van der Waals surface area contributed by atoms with Crippen molar-refractivity contribution in [2.75, 3.05) is 32.1 Å². The Labute approximate surface area is 173 Å². The number of piperidine rings is 1. The summed E-state index contributed by atoms with van der Waals surface area (Å²) in [5, 5.41) is 9.39. The minimum Gasteiger partial charge on any atom is -0.384 e. The van der Waals surface area contributed by atoms with Gasteiger partial charge in [-0.3, -0.25) is 9.59 Å². The lowest BCUT2D eigenvalue weighted by molar-refractivity contribution is -0.136. The van der Waals surface area contributed by atoms with Crippen LogP contribution in [-0.4, -0.2) is 38.6 Å². The Balaban J connectivity index is 0.00000280. The fraction of sp³-hybridized carbons (Fsp3) is 0.619. The van der Waals surface area contributed by atoms with Crippen molar-refractivity contribution in [1.82, 2.24) is 10.6 Å². The van der Waals surface area contributed by atoms with Gasteiger partial charge < -0.3 is 20.7 Å². The van der Waals surface area contributed by atoms with Crippen LogP contribution in [0.15, 0.2) is 24.3 Å². The second-order valence-corrected chi connectivity index (χ2v) is 7.82. The quantitative estimate of drug-likeness (QED) is 0.647. The number of ether oxygens (including phenoxy) is 1. The van der Waals surface area contributed by atoms with Crippen molar-refractivity contribution < 1.29 is 14.3 Å². The van der Waals surface area contributed by atoms with Crippen LogP contribution in [0, 0.1) is 11.3 Å². The van der Waals surface area contributed by atoms with E-state index in [0.29, 0.717) is 13.2 Å². The molecule has 3 N–H and O–H groups in total. The van der Waals surface area contributed by atoms with E-state index in [9.17, 15) is 9.59 Å². The molecule has 1 aromatic rings. The number of benzene rings is 1. The zero-order valence-corrected chi connectivity index (χ0v) is 17.4. The maximum Gasteiger partial charge on any atom is 0.228 e. The summed E-state index contributed by atoms with van der Waals surface area (Å²) in [4.78, 5) is 25.1. The highest BCUT2D eigenvalue weighted by Crippen LogP contribution is 2.30. The molecule has 2 fully saturated rings. The summed E-state index contributed by atoms with van der Waals surface area (Å²) >= 11 is 0. The van der Waals surface area contributed by atoms with Crippen LogP contribution in [-0.2, 0) is 20.9 Å². The largest absolute Gasteiger partial charge is 0.384 e. The van der Waals surface area contributed by atoms with Gasteiger partial charge in [0.25, 0.3) is 0 Å². The van der Waals surface area contributed by atoms with Gasteiger partial charge in [0.1, 0.15) is 0 Å². The number of anilines is 1. The molecule has 1 aliphatic heterocycles. The minimum absolute atomic E-state index is 0. The first kappa shape index (κ1) is 22.7. The average molecular weight is 410 g/mol. The Morgan fingerprint density at radius 1 is 1.21 bits per heavy atom. The lowest BCUT2D eigenvalue weighted by atomic mass is 9.78. The summed E-state index contributed by atoms with van der Waals surface area (Å²) < 4.78 is 5.33. The van der Waals surface area contributed by atoms with Crippen LogP contribution in [0.4, 0.5) is 5.69 Å². The molecule has 2 amide bonds. The Hall–Kier alpha value is -1.63. The predicted molar refractivity (Wildman–Crippen MR) is 113 cm³/mol. The number of carbonyl (C=O) groups is 2. The first-order valence-electron chi connectivity index (χ1n) is 10.0. The fourth-order valence-corrected chi connectivity index (χ4v) is 4.18. The Kier molecular flexibility index (Phi) is 8.73. The van der Waals surface area contributed by atoms with E-state index in [4.69, 9.17) is 4.74 Å². The molecule has 6 nitrogen and oxygen atoms in total. The second kappa shape index (κ2) is 10.8. The number of amides is 2. The number of hydrogen-bond acceptors (Lipinski definition) is 4. The maximum absolute atomic E-state index is 12.8. The van der Waals surface area contributed by atoms with Gasteiger partial charge in [-0.25, -0.2) is 0 Å². The molecular weight excluding hydrogens is 378 g/mol. The van der Waals surface area contributed by atoms with Gasteiger partial charge in [0, 0.05) is 25.3 Å². The molecule has 0 radical (unpaired) electrons. The molecule has 156 valence electrons. The Morgan fingerprint density at radius 3 is 2.61 bits per heavy atom. The number of methoxy groups -OCH3 is 1. The average Bonchev–Trinajstić information content (AvgIpc) is 3.22. The maximum atomic E-state index is 12.8. The molecule has 0 atom stereocenters. The van der Waals surface area contributed by atoms with Crippen LogP contribution >= 0.6 is 12.4 Å². The Bertz CT molecular complexity index is 651. The van der Waals surface area contributed by atoms with E-state index in [1.165, 1.54) is 0 Å². The first-order chi connectivity index (χ1) is 13.1. The van der Waals surface area contributed by atoms with Crippen LogP contribution in [0.25, 0.3) is 0 Å². The van der Waals surface area contributed by atoms with Crippen molar-refractivity contribution in [1.29, 1.82) is 0 Å². The summed E-state index contributed by atoms with van der Waals surface area (Å²) in [5.41, 5.74) is 1.33. The molecule has 28 heavy (non-hydrogen) atoms. The zero-order chi connectivity index (χ0) is 19.1. The summed E-state index contributed by atoms with van der Waals surface area (Å²) in [6.07, 6.45) is 5.82. The van der Waals surface area contributed by atoms with E-state index < -0.39 is 5.41 Å². The number of hydrogen-bond donors (Lipinski definition) is 3. The number of carbonyl (C=O) groups excluding carboxylic acids is 2. The van der Waals surface area contributed by atoms with Gasteiger partial charge in [-0.15, -0.1) is 12.4 Å². The van der Waals surface area contributed by atoms with Crippen molar-refractivity contribution in [3.63, 3.8) is 0 Å². The molecule has 0 aromatic heterocycles. The van der Waals surface area contributed by atoms with Crippen molar-refractivity contribution in [2.45, 2.75) is 45.1 Å². The van der Waals surface area contributed by atoms with Crippen LogP contribution in [0.3, 0.4) is 0 Å². The van der Waals surface area contributed by atoms with Crippen molar-refractivity contribution in [2.24, 2.45) is 11.3 Å². The van der Waals surface area contributed by atoms with Gasteiger partial charge in [0.05, 0.1) is 12.0 Å². The summed E-state index contributed by atoms with van der Waals surface area (Å²) in [5.74, 6) is 0.302. The van der Waals surface area contributed by atoms with E-state index in [2.05, 4.69) is 16.0 Å². The molecule has 2 aliphatic rings. The molecule has 1 heterocycles.